The fourth-order valence-corrected chi connectivity index (χ4v) is 2.20. The van der Waals surface area contributed by atoms with E-state index in [1.165, 1.54) is 0 Å². The van der Waals surface area contributed by atoms with Gasteiger partial charge < -0.3 is 10.3 Å². The Morgan fingerprint density at radius 3 is 2.94 bits per heavy atom. The summed E-state index contributed by atoms with van der Waals surface area (Å²) < 4.78 is 2.17. The molecule has 3 aromatic rings. The van der Waals surface area contributed by atoms with Crippen LogP contribution in [0.15, 0.2) is 42.7 Å². The van der Waals surface area contributed by atoms with Gasteiger partial charge in [0.15, 0.2) is 0 Å². The van der Waals surface area contributed by atoms with Gasteiger partial charge in [-0.15, -0.1) is 0 Å². The lowest BCUT2D eigenvalue weighted by molar-refractivity contribution is 0.796. The maximum absolute atomic E-state index is 5.83. The minimum atomic E-state index is 0.750. The van der Waals surface area contributed by atoms with Crippen molar-refractivity contribution < 1.29 is 0 Å². The molecule has 3 rings (SSSR count). The number of nitrogens with two attached hydrogens (primary N) is 1. The molecule has 2 aromatic heterocycles. The van der Waals surface area contributed by atoms with Gasteiger partial charge in [-0.2, -0.15) is 0 Å². The lowest BCUT2D eigenvalue weighted by Gasteiger charge is -2.06. The van der Waals surface area contributed by atoms with Gasteiger partial charge >= 0.3 is 0 Å². The average molecular weight is 238 g/mol. The molecule has 0 fully saturated rings. The zero-order valence-corrected chi connectivity index (χ0v) is 10.2. The van der Waals surface area contributed by atoms with Gasteiger partial charge in [-0.05, 0) is 25.1 Å². The maximum atomic E-state index is 5.83. The number of benzene rings is 1. The molecule has 90 valence electrons. The highest BCUT2D eigenvalue weighted by Crippen LogP contribution is 2.25. The summed E-state index contributed by atoms with van der Waals surface area (Å²) in [6.07, 6.45) is 3.58. The van der Waals surface area contributed by atoms with Crippen LogP contribution in [-0.2, 0) is 6.54 Å². The van der Waals surface area contributed by atoms with Gasteiger partial charge in [-0.1, -0.05) is 12.1 Å². The Bertz CT molecular complexity index is 700. The molecule has 0 spiro atoms. The van der Waals surface area contributed by atoms with Crippen LogP contribution in [0.25, 0.3) is 22.4 Å². The van der Waals surface area contributed by atoms with E-state index in [2.05, 4.69) is 21.5 Å². The summed E-state index contributed by atoms with van der Waals surface area (Å²) in [5.74, 6) is 0.938. The number of anilines is 1. The molecule has 0 unspecified atom stereocenters. The zero-order valence-electron chi connectivity index (χ0n) is 10.2. The van der Waals surface area contributed by atoms with Crippen molar-refractivity contribution in [2.75, 3.05) is 5.73 Å². The molecule has 18 heavy (non-hydrogen) atoms. The van der Waals surface area contributed by atoms with Crippen LogP contribution in [0.3, 0.4) is 0 Å². The maximum Gasteiger partial charge on any atom is 0.141 e. The third-order valence-corrected chi connectivity index (χ3v) is 3.01. The standard InChI is InChI=1S/C14H14N4/c1-2-18-13-6-7-16-9-12(13)17-14(18)10-4-3-5-11(15)8-10/h3-9H,2,15H2,1H3. The van der Waals surface area contributed by atoms with Crippen LogP contribution in [0.4, 0.5) is 5.69 Å². The van der Waals surface area contributed by atoms with Crippen molar-refractivity contribution in [2.24, 2.45) is 0 Å². The zero-order chi connectivity index (χ0) is 12.5. The Hall–Kier alpha value is -2.36. The Kier molecular flexibility index (Phi) is 2.48. The lowest BCUT2D eigenvalue weighted by atomic mass is 10.2. The van der Waals surface area contributed by atoms with Gasteiger partial charge in [0.05, 0.1) is 11.7 Å². The first kappa shape index (κ1) is 10.8. The molecule has 0 bridgehead atoms. The molecule has 1 aromatic carbocycles. The van der Waals surface area contributed by atoms with E-state index >= 15 is 0 Å². The van der Waals surface area contributed by atoms with Crippen molar-refractivity contribution in [3.05, 3.63) is 42.7 Å². The molecule has 0 aliphatic rings. The molecule has 0 radical (unpaired) electrons. The SMILES string of the molecule is CCn1c(-c2cccc(N)c2)nc2cnccc21. The molecule has 0 amide bonds. The monoisotopic (exact) mass is 238 g/mol. The molecule has 0 saturated heterocycles. The number of aromatic nitrogens is 3. The summed E-state index contributed by atoms with van der Waals surface area (Å²) in [4.78, 5) is 8.75. The first-order valence-electron chi connectivity index (χ1n) is 5.95. The third-order valence-electron chi connectivity index (χ3n) is 3.01. The minimum Gasteiger partial charge on any atom is -0.399 e. The summed E-state index contributed by atoms with van der Waals surface area (Å²) in [6.45, 7) is 2.97. The van der Waals surface area contributed by atoms with E-state index in [1.54, 1.807) is 12.4 Å². The van der Waals surface area contributed by atoms with Crippen LogP contribution in [0, 0.1) is 0 Å². The van der Waals surface area contributed by atoms with E-state index in [4.69, 9.17) is 5.73 Å². The van der Waals surface area contributed by atoms with Crippen LogP contribution in [-0.4, -0.2) is 14.5 Å². The number of imidazole rings is 1. The smallest absolute Gasteiger partial charge is 0.141 e. The molecular formula is C14H14N4. The summed E-state index contributed by atoms with van der Waals surface area (Å²) in [5, 5.41) is 0. The van der Waals surface area contributed by atoms with Crippen LogP contribution < -0.4 is 5.73 Å². The number of hydrogen-bond donors (Lipinski definition) is 1. The van der Waals surface area contributed by atoms with E-state index in [0.29, 0.717) is 0 Å². The molecule has 2 N–H and O–H groups in total. The molecule has 4 heteroatoms. The van der Waals surface area contributed by atoms with Crippen molar-refractivity contribution in [1.82, 2.24) is 14.5 Å². The highest BCUT2D eigenvalue weighted by molar-refractivity contribution is 5.80. The largest absolute Gasteiger partial charge is 0.399 e. The van der Waals surface area contributed by atoms with E-state index in [9.17, 15) is 0 Å². The van der Waals surface area contributed by atoms with Crippen LogP contribution in [0.1, 0.15) is 6.92 Å². The van der Waals surface area contributed by atoms with Crippen LogP contribution in [0.5, 0.6) is 0 Å². The topological polar surface area (TPSA) is 56.7 Å². The molecule has 0 saturated carbocycles. The summed E-state index contributed by atoms with van der Waals surface area (Å²) >= 11 is 0. The third kappa shape index (κ3) is 1.62. The molecule has 4 nitrogen and oxygen atoms in total. The van der Waals surface area contributed by atoms with Gasteiger partial charge in [-0.3, -0.25) is 4.98 Å². The minimum absolute atomic E-state index is 0.750. The second kappa shape index (κ2) is 4.14. The second-order valence-corrected chi connectivity index (χ2v) is 4.17. The van der Waals surface area contributed by atoms with Gasteiger partial charge in [0.2, 0.25) is 0 Å². The van der Waals surface area contributed by atoms with Crippen molar-refractivity contribution in [3.63, 3.8) is 0 Å². The summed E-state index contributed by atoms with van der Waals surface area (Å²) in [7, 11) is 0. The number of pyridine rings is 1. The highest BCUT2D eigenvalue weighted by atomic mass is 15.1. The van der Waals surface area contributed by atoms with Crippen molar-refractivity contribution >= 4 is 16.7 Å². The van der Waals surface area contributed by atoms with Crippen LogP contribution in [0.2, 0.25) is 0 Å². The first-order valence-corrected chi connectivity index (χ1v) is 5.95. The number of aryl methyl sites for hydroxylation is 1. The number of rotatable bonds is 2. The van der Waals surface area contributed by atoms with Crippen molar-refractivity contribution in [1.29, 1.82) is 0 Å². The van der Waals surface area contributed by atoms with Gasteiger partial charge in [0.1, 0.15) is 11.3 Å². The predicted molar refractivity (Wildman–Crippen MR) is 73.1 cm³/mol. The summed E-state index contributed by atoms with van der Waals surface area (Å²) in [6, 6.07) is 9.78. The quantitative estimate of drug-likeness (QED) is 0.698. The number of nitrogens with zero attached hydrogens (tertiary/aromatic N) is 3. The summed E-state index contributed by atoms with van der Waals surface area (Å²) in [5.41, 5.74) is 9.63. The Morgan fingerprint density at radius 1 is 1.28 bits per heavy atom. The average Bonchev–Trinajstić information content (AvgIpc) is 2.77. The van der Waals surface area contributed by atoms with Gasteiger partial charge in [0, 0.05) is 24.0 Å². The van der Waals surface area contributed by atoms with E-state index in [-0.39, 0.29) is 0 Å². The second-order valence-electron chi connectivity index (χ2n) is 4.17. The number of hydrogen-bond acceptors (Lipinski definition) is 3. The van der Waals surface area contributed by atoms with E-state index in [0.717, 1.165) is 34.7 Å². The van der Waals surface area contributed by atoms with E-state index in [1.807, 2.05) is 30.3 Å². The van der Waals surface area contributed by atoms with Crippen molar-refractivity contribution in [2.45, 2.75) is 13.5 Å². The Morgan fingerprint density at radius 2 is 2.17 bits per heavy atom. The Labute approximate surface area is 105 Å². The number of fused-ring (bicyclic) bond motifs is 1. The molecule has 2 heterocycles. The lowest BCUT2D eigenvalue weighted by Crippen LogP contribution is -1.97. The first-order chi connectivity index (χ1) is 8.79. The molecular weight excluding hydrogens is 224 g/mol. The van der Waals surface area contributed by atoms with Crippen molar-refractivity contribution in [3.8, 4) is 11.4 Å². The molecule has 0 atom stereocenters. The van der Waals surface area contributed by atoms with Gasteiger partial charge in [0.25, 0.3) is 0 Å². The molecule has 0 aliphatic heterocycles. The predicted octanol–water partition coefficient (Wildman–Crippen LogP) is 2.70. The number of nitrogen functional groups attached to an aromatic ring is 1. The highest BCUT2D eigenvalue weighted by Gasteiger charge is 2.11. The fourth-order valence-electron chi connectivity index (χ4n) is 2.20. The molecule has 0 aliphatic carbocycles. The van der Waals surface area contributed by atoms with E-state index < -0.39 is 0 Å². The fraction of sp³-hybridized carbons (Fsp3) is 0.143. The normalized spacial score (nSPS) is 10.9. The van der Waals surface area contributed by atoms with Crippen LogP contribution >= 0.6 is 0 Å². The van der Waals surface area contributed by atoms with Gasteiger partial charge in [-0.25, -0.2) is 4.98 Å². The Balaban J connectivity index is 2.28.